The average molecular weight is 275 g/mol. The summed E-state index contributed by atoms with van der Waals surface area (Å²) in [6.45, 7) is 4.05. The summed E-state index contributed by atoms with van der Waals surface area (Å²) >= 11 is 0. The first-order chi connectivity index (χ1) is 9.79. The molecule has 5 nitrogen and oxygen atoms in total. The fraction of sp³-hybridized carbons (Fsp3) is 0.600. The number of aryl methyl sites for hydroxylation is 1. The number of nitrogens with one attached hydrogen (secondary N) is 2. The molecule has 108 valence electrons. The van der Waals surface area contributed by atoms with Crippen LogP contribution in [0.1, 0.15) is 42.4 Å². The maximum absolute atomic E-state index is 11.4. The number of rotatable bonds is 4. The van der Waals surface area contributed by atoms with Crippen LogP contribution in [0.3, 0.4) is 0 Å². The first-order valence-corrected chi connectivity index (χ1v) is 7.44. The normalized spacial score (nSPS) is 19.1. The minimum atomic E-state index is -0.0750. The summed E-state index contributed by atoms with van der Waals surface area (Å²) in [5.41, 5.74) is 4.13. The predicted octanol–water partition coefficient (Wildman–Crippen LogP) is 1.76. The van der Waals surface area contributed by atoms with E-state index in [9.17, 15) is 4.79 Å². The second kappa shape index (κ2) is 5.69. The van der Waals surface area contributed by atoms with Gasteiger partial charge in [0, 0.05) is 31.3 Å². The van der Waals surface area contributed by atoms with Gasteiger partial charge in [-0.3, -0.25) is 0 Å². The van der Waals surface area contributed by atoms with Crippen molar-refractivity contribution in [3.63, 3.8) is 0 Å². The summed E-state index contributed by atoms with van der Waals surface area (Å²) < 4.78 is 5.56. The fourth-order valence-corrected chi connectivity index (χ4v) is 3.26. The molecule has 1 aliphatic carbocycles. The van der Waals surface area contributed by atoms with Gasteiger partial charge >= 0.3 is 6.03 Å². The first-order valence-electron chi connectivity index (χ1n) is 7.44. The van der Waals surface area contributed by atoms with E-state index in [2.05, 4.69) is 15.6 Å². The third-order valence-corrected chi connectivity index (χ3v) is 4.14. The van der Waals surface area contributed by atoms with Crippen molar-refractivity contribution in [1.82, 2.24) is 15.6 Å². The number of nitrogens with zero attached hydrogens (tertiary/aromatic N) is 1. The Balaban J connectivity index is 1.64. The van der Waals surface area contributed by atoms with E-state index in [4.69, 9.17) is 4.74 Å². The molecular weight excluding hydrogens is 254 g/mol. The Hall–Kier alpha value is -1.78. The Morgan fingerprint density at radius 1 is 1.45 bits per heavy atom. The van der Waals surface area contributed by atoms with Gasteiger partial charge in [-0.15, -0.1) is 0 Å². The number of aromatic nitrogens is 1. The van der Waals surface area contributed by atoms with Crippen LogP contribution in [0, 0.1) is 0 Å². The number of fused-ring (bicyclic) bond motifs is 3. The van der Waals surface area contributed by atoms with Gasteiger partial charge in [-0.25, -0.2) is 9.78 Å². The molecule has 0 radical (unpaired) electrons. The van der Waals surface area contributed by atoms with Gasteiger partial charge in [-0.2, -0.15) is 0 Å². The highest BCUT2D eigenvalue weighted by Crippen LogP contribution is 2.41. The molecule has 1 aliphatic heterocycles. The molecule has 2 aliphatic rings. The van der Waals surface area contributed by atoms with Crippen molar-refractivity contribution in [2.45, 2.75) is 38.5 Å². The highest BCUT2D eigenvalue weighted by atomic mass is 16.5. The lowest BCUT2D eigenvalue weighted by Crippen LogP contribution is -2.36. The van der Waals surface area contributed by atoms with Crippen molar-refractivity contribution < 1.29 is 9.53 Å². The minimum Gasteiger partial charge on any atom is -0.477 e. The number of amides is 2. The van der Waals surface area contributed by atoms with Crippen LogP contribution in [0.4, 0.5) is 4.79 Å². The molecule has 1 aromatic rings. The Morgan fingerprint density at radius 2 is 2.35 bits per heavy atom. The van der Waals surface area contributed by atoms with E-state index >= 15 is 0 Å². The van der Waals surface area contributed by atoms with Crippen molar-refractivity contribution in [2.75, 3.05) is 19.7 Å². The molecule has 1 aromatic heterocycles. The summed E-state index contributed by atoms with van der Waals surface area (Å²) in [6.07, 6.45) is 6.19. The average Bonchev–Trinajstić information content (AvgIpc) is 3.04. The number of ether oxygens (including phenoxy) is 1. The zero-order valence-corrected chi connectivity index (χ0v) is 11.9. The van der Waals surface area contributed by atoms with Crippen molar-refractivity contribution in [3.05, 3.63) is 22.9 Å². The molecule has 0 bridgehead atoms. The zero-order valence-electron chi connectivity index (χ0n) is 11.9. The standard InChI is InChI=1S/C15H21N3O2/c1-2-16-15(19)17-7-5-10-3-4-11-9-18-14-12(13(10)11)6-8-20-14/h9-10H,2-8H2,1H3,(H2,16,17,19). The molecule has 0 fully saturated rings. The molecule has 0 saturated carbocycles. The minimum absolute atomic E-state index is 0.0750. The van der Waals surface area contributed by atoms with Crippen LogP contribution in [0.5, 0.6) is 5.88 Å². The Labute approximate surface area is 119 Å². The number of pyridine rings is 1. The van der Waals surface area contributed by atoms with Gasteiger partial charge in [-0.1, -0.05) is 0 Å². The van der Waals surface area contributed by atoms with E-state index in [1.54, 1.807) is 0 Å². The van der Waals surface area contributed by atoms with Crippen LogP contribution in [-0.2, 0) is 12.8 Å². The molecule has 2 heterocycles. The molecule has 0 spiro atoms. The third kappa shape index (κ3) is 2.44. The molecule has 1 atom stereocenters. The van der Waals surface area contributed by atoms with Crippen molar-refractivity contribution in [1.29, 1.82) is 0 Å². The summed E-state index contributed by atoms with van der Waals surface area (Å²) in [5.74, 6) is 1.36. The van der Waals surface area contributed by atoms with Crippen LogP contribution in [0.25, 0.3) is 0 Å². The molecular formula is C15H21N3O2. The Kier molecular flexibility index (Phi) is 3.76. The topological polar surface area (TPSA) is 63.2 Å². The smallest absolute Gasteiger partial charge is 0.314 e. The highest BCUT2D eigenvalue weighted by Gasteiger charge is 2.30. The molecule has 20 heavy (non-hydrogen) atoms. The van der Waals surface area contributed by atoms with Gasteiger partial charge in [0.1, 0.15) is 0 Å². The van der Waals surface area contributed by atoms with Crippen LogP contribution < -0.4 is 15.4 Å². The largest absolute Gasteiger partial charge is 0.477 e. The van der Waals surface area contributed by atoms with E-state index < -0.39 is 0 Å². The van der Waals surface area contributed by atoms with E-state index in [1.165, 1.54) is 16.7 Å². The molecule has 1 unspecified atom stereocenters. The van der Waals surface area contributed by atoms with Crippen LogP contribution in [0.2, 0.25) is 0 Å². The monoisotopic (exact) mass is 275 g/mol. The van der Waals surface area contributed by atoms with Gasteiger partial charge in [0.05, 0.1) is 6.61 Å². The number of urea groups is 1. The van der Waals surface area contributed by atoms with E-state index in [0.717, 1.165) is 38.2 Å². The number of hydrogen-bond donors (Lipinski definition) is 2. The van der Waals surface area contributed by atoms with E-state index in [1.807, 2.05) is 13.1 Å². The number of hydrogen-bond acceptors (Lipinski definition) is 3. The number of carbonyl (C=O) groups excluding carboxylic acids is 1. The summed E-state index contributed by atoms with van der Waals surface area (Å²) in [4.78, 5) is 15.8. The van der Waals surface area contributed by atoms with Crippen molar-refractivity contribution in [2.24, 2.45) is 0 Å². The molecule has 2 amide bonds. The van der Waals surface area contributed by atoms with Gasteiger partial charge in [0.2, 0.25) is 5.88 Å². The number of carbonyl (C=O) groups is 1. The zero-order chi connectivity index (χ0) is 13.9. The second-order valence-electron chi connectivity index (χ2n) is 5.39. The molecule has 5 heteroatoms. The van der Waals surface area contributed by atoms with E-state index in [0.29, 0.717) is 19.0 Å². The molecule has 0 aromatic carbocycles. The molecule has 0 saturated heterocycles. The van der Waals surface area contributed by atoms with Gasteiger partial charge < -0.3 is 15.4 Å². The Bertz CT molecular complexity index is 516. The van der Waals surface area contributed by atoms with Crippen LogP contribution in [-0.4, -0.2) is 30.7 Å². The summed E-state index contributed by atoms with van der Waals surface area (Å²) in [6, 6.07) is -0.0750. The molecule has 2 N–H and O–H groups in total. The quantitative estimate of drug-likeness (QED) is 0.880. The van der Waals surface area contributed by atoms with E-state index in [-0.39, 0.29) is 6.03 Å². The summed E-state index contributed by atoms with van der Waals surface area (Å²) in [7, 11) is 0. The highest BCUT2D eigenvalue weighted by molar-refractivity contribution is 5.73. The van der Waals surface area contributed by atoms with Gasteiger partial charge in [0.25, 0.3) is 0 Å². The van der Waals surface area contributed by atoms with Gasteiger partial charge in [-0.05, 0) is 43.2 Å². The molecule has 3 rings (SSSR count). The Morgan fingerprint density at radius 3 is 3.20 bits per heavy atom. The van der Waals surface area contributed by atoms with Gasteiger partial charge in [0.15, 0.2) is 0 Å². The van der Waals surface area contributed by atoms with Crippen LogP contribution in [0.15, 0.2) is 6.20 Å². The first kappa shape index (κ1) is 13.2. The van der Waals surface area contributed by atoms with Crippen LogP contribution >= 0.6 is 0 Å². The summed E-state index contributed by atoms with van der Waals surface area (Å²) in [5, 5.41) is 5.66. The second-order valence-corrected chi connectivity index (χ2v) is 5.39. The lowest BCUT2D eigenvalue weighted by molar-refractivity contribution is 0.241. The maximum Gasteiger partial charge on any atom is 0.314 e. The fourth-order valence-electron chi connectivity index (χ4n) is 3.26. The third-order valence-electron chi connectivity index (χ3n) is 4.14. The SMILES string of the molecule is CCNC(=O)NCCC1CCc2cnc3c(c21)CCO3. The maximum atomic E-state index is 11.4. The van der Waals surface area contributed by atoms with Crippen molar-refractivity contribution in [3.8, 4) is 5.88 Å². The lowest BCUT2D eigenvalue weighted by Gasteiger charge is -2.15. The lowest BCUT2D eigenvalue weighted by atomic mass is 9.93. The predicted molar refractivity (Wildman–Crippen MR) is 76.2 cm³/mol. The van der Waals surface area contributed by atoms with Crippen molar-refractivity contribution >= 4 is 6.03 Å².